The van der Waals surface area contributed by atoms with Crippen LogP contribution in [0.5, 0.6) is 11.6 Å². The van der Waals surface area contributed by atoms with E-state index in [1.54, 1.807) is 21.7 Å². The fourth-order valence-electron chi connectivity index (χ4n) is 4.17. The summed E-state index contributed by atoms with van der Waals surface area (Å²) >= 11 is 0. The monoisotopic (exact) mass is 480 g/mol. The van der Waals surface area contributed by atoms with Gasteiger partial charge in [-0.1, -0.05) is 25.1 Å². The van der Waals surface area contributed by atoms with Gasteiger partial charge in [-0.3, -0.25) is 0 Å². The Balaban J connectivity index is 1.74. The number of carbonyl (C=O) groups excluding carboxylic acids is 1. The number of nitrogens with one attached hydrogen (secondary N) is 1. The third-order valence-electron chi connectivity index (χ3n) is 5.88. The first-order valence-corrected chi connectivity index (χ1v) is 12.2. The van der Waals surface area contributed by atoms with Crippen LogP contribution in [0.4, 0.5) is 9.18 Å². The van der Waals surface area contributed by atoms with Crippen molar-refractivity contribution in [3.63, 3.8) is 0 Å². The second kappa shape index (κ2) is 11.4. The minimum absolute atomic E-state index is 0.00196. The number of para-hydroxylation sites is 1. The molecule has 35 heavy (non-hydrogen) atoms. The zero-order valence-electron chi connectivity index (χ0n) is 20.5. The third-order valence-corrected chi connectivity index (χ3v) is 5.88. The lowest BCUT2D eigenvalue weighted by atomic mass is 10.1. The minimum atomic E-state index is -0.337. The van der Waals surface area contributed by atoms with Gasteiger partial charge < -0.3 is 19.7 Å². The van der Waals surface area contributed by atoms with Gasteiger partial charge in [-0.15, -0.1) is 0 Å². The van der Waals surface area contributed by atoms with Crippen LogP contribution in [0.2, 0.25) is 0 Å². The quantitative estimate of drug-likeness (QED) is 0.441. The summed E-state index contributed by atoms with van der Waals surface area (Å²) in [4.78, 5) is 15.0. The van der Waals surface area contributed by atoms with Crippen LogP contribution in [0.1, 0.15) is 44.9 Å². The van der Waals surface area contributed by atoms with Gasteiger partial charge in [0.2, 0.25) is 5.88 Å². The van der Waals surface area contributed by atoms with E-state index in [9.17, 15) is 9.18 Å². The zero-order chi connectivity index (χ0) is 24.8. The maximum Gasteiger partial charge on any atom is 0.317 e. The molecule has 1 saturated heterocycles. The molecule has 0 unspecified atom stereocenters. The van der Waals surface area contributed by atoms with E-state index in [1.165, 1.54) is 12.1 Å². The Kier molecular flexibility index (Phi) is 8.02. The van der Waals surface area contributed by atoms with Crippen molar-refractivity contribution in [3.05, 3.63) is 71.7 Å². The third kappa shape index (κ3) is 6.19. The molecular formula is C27H33FN4O3. The molecule has 2 aromatic carbocycles. The molecule has 0 saturated carbocycles. The average Bonchev–Trinajstić information content (AvgIpc) is 3.48. The normalized spacial score (nSPS) is 15.4. The molecule has 0 spiro atoms. The molecule has 1 N–H and O–H groups in total. The molecule has 0 bridgehead atoms. The standard InChI is InChI=1S/C27H33FN4O3/c1-4-25-24(18-31(27(33)29-19(2)3)17-23-11-8-16-34-23)26(35-22-14-12-20(28)13-15-22)32(30-25)21-9-6-5-7-10-21/h5-7,9-10,12-15,19,23H,4,8,11,16-18H2,1-3H3,(H,29,33)/t23-/m0/s1. The summed E-state index contributed by atoms with van der Waals surface area (Å²) in [6, 6.07) is 15.4. The zero-order valence-corrected chi connectivity index (χ0v) is 20.5. The second-order valence-electron chi connectivity index (χ2n) is 9.01. The maximum atomic E-state index is 13.5. The molecule has 1 aliphatic heterocycles. The molecular weight excluding hydrogens is 447 g/mol. The Morgan fingerprint density at radius 1 is 1.23 bits per heavy atom. The number of carbonyl (C=O) groups is 1. The van der Waals surface area contributed by atoms with E-state index in [4.69, 9.17) is 14.6 Å². The summed E-state index contributed by atoms with van der Waals surface area (Å²) in [7, 11) is 0. The number of aromatic nitrogens is 2. The largest absolute Gasteiger partial charge is 0.439 e. The van der Waals surface area contributed by atoms with E-state index in [2.05, 4.69) is 5.32 Å². The first kappa shape index (κ1) is 24.7. The summed E-state index contributed by atoms with van der Waals surface area (Å²) in [5, 5.41) is 7.86. The second-order valence-corrected chi connectivity index (χ2v) is 9.01. The number of rotatable bonds is 9. The Hall–Kier alpha value is -3.39. The van der Waals surface area contributed by atoms with Gasteiger partial charge in [0.25, 0.3) is 0 Å². The molecule has 4 rings (SSSR count). The van der Waals surface area contributed by atoms with Crippen LogP contribution in [-0.2, 0) is 17.7 Å². The summed E-state index contributed by atoms with van der Waals surface area (Å²) < 4.78 is 27.4. The first-order valence-electron chi connectivity index (χ1n) is 12.2. The topological polar surface area (TPSA) is 68.6 Å². The van der Waals surface area contributed by atoms with Gasteiger partial charge in [0, 0.05) is 19.2 Å². The fourth-order valence-corrected chi connectivity index (χ4v) is 4.17. The lowest BCUT2D eigenvalue weighted by Gasteiger charge is -2.27. The van der Waals surface area contributed by atoms with Crippen molar-refractivity contribution in [1.82, 2.24) is 20.0 Å². The molecule has 1 fully saturated rings. The molecule has 2 amide bonds. The number of hydrogen-bond donors (Lipinski definition) is 1. The number of aryl methyl sites for hydroxylation is 1. The molecule has 1 aromatic heterocycles. The molecule has 8 heteroatoms. The number of amides is 2. The van der Waals surface area contributed by atoms with Crippen LogP contribution in [0.3, 0.4) is 0 Å². The van der Waals surface area contributed by atoms with E-state index >= 15 is 0 Å². The Labute approximate surface area is 205 Å². The molecule has 0 radical (unpaired) electrons. The first-order chi connectivity index (χ1) is 16.9. The summed E-state index contributed by atoms with van der Waals surface area (Å²) in [5.74, 6) is 0.663. The van der Waals surface area contributed by atoms with E-state index in [1.807, 2.05) is 51.1 Å². The number of urea groups is 1. The van der Waals surface area contributed by atoms with Gasteiger partial charge in [-0.25, -0.2) is 13.9 Å². The average molecular weight is 481 g/mol. The van der Waals surface area contributed by atoms with Crippen molar-refractivity contribution in [2.75, 3.05) is 13.2 Å². The van der Waals surface area contributed by atoms with Gasteiger partial charge in [0.1, 0.15) is 11.6 Å². The van der Waals surface area contributed by atoms with Gasteiger partial charge in [0.15, 0.2) is 0 Å². The van der Waals surface area contributed by atoms with Crippen molar-refractivity contribution < 1.29 is 18.7 Å². The van der Waals surface area contributed by atoms with Gasteiger partial charge in [-0.2, -0.15) is 5.10 Å². The maximum absolute atomic E-state index is 13.5. The molecule has 2 heterocycles. The molecule has 7 nitrogen and oxygen atoms in total. The molecule has 3 aromatic rings. The van der Waals surface area contributed by atoms with Crippen LogP contribution in [0.25, 0.3) is 5.69 Å². The van der Waals surface area contributed by atoms with Crippen LogP contribution in [0.15, 0.2) is 54.6 Å². The van der Waals surface area contributed by atoms with E-state index < -0.39 is 0 Å². The van der Waals surface area contributed by atoms with Crippen molar-refractivity contribution in [3.8, 4) is 17.3 Å². The highest BCUT2D eigenvalue weighted by atomic mass is 19.1. The summed E-state index contributed by atoms with van der Waals surface area (Å²) in [6.07, 6.45) is 2.58. The van der Waals surface area contributed by atoms with Gasteiger partial charge in [-0.05, 0) is 69.5 Å². The van der Waals surface area contributed by atoms with Gasteiger partial charge >= 0.3 is 6.03 Å². The lowest BCUT2D eigenvalue weighted by molar-refractivity contribution is 0.0788. The number of nitrogens with zero attached hydrogens (tertiary/aromatic N) is 3. The summed E-state index contributed by atoms with van der Waals surface area (Å²) in [6.45, 7) is 7.42. The van der Waals surface area contributed by atoms with E-state index in [-0.39, 0.29) is 24.0 Å². The smallest absolute Gasteiger partial charge is 0.317 e. The molecule has 1 aliphatic rings. The van der Waals surface area contributed by atoms with Crippen LogP contribution < -0.4 is 10.1 Å². The van der Waals surface area contributed by atoms with Gasteiger partial charge in [0.05, 0.1) is 29.6 Å². The highest BCUT2D eigenvalue weighted by Gasteiger charge is 2.28. The van der Waals surface area contributed by atoms with Crippen LogP contribution >= 0.6 is 0 Å². The van der Waals surface area contributed by atoms with Crippen molar-refractivity contribution in [1.29, 1.82) is 0 Å². The van der Waals surface area contributed by atoms with Crippen molar-refractivity contribution >= 4 is 6.03 Å². The fraction of sp³-hybridized carbons (Fsp3) is 0.407. The van der Waals surface area contributed by atoms with E-state index in [0.717, 1.165) is 36.4 Å². The lowest BCUT2D eigenvalue weighted by Crippen LogP contribution is -2.45. The van der Waals surface area contributed by atoms with Crippen LogP contribution in [0, 0.1) is 5.82 Å². The Morgan fingerprint density at radius 3 is 2.60 bits per heavy atom. The number of benzene rings is 2. The van der Waals surface area contributed by atoms with E-state index in [0.29, 0.717) is 31.1 Å². The minimum Gasteiger partial charge on any atom is -0.439 e. The Morgan fingerprint density at radius 2 is 1.97 bits per heavy atom. The van der Waals surface area contributed by atoms with Crippen molar-refractivity contribution in [2.24, 2.45) is 0 Å². The Bertz CT molecular complexity index is 1110. The predicted molar refractivity (Wildman–Crippen MR) is 132 cm³/mol. The number of halogens is 1. The molecule has 0 aliphatic carbocycles. The van der Waals surface area contributed by atoms with Crippen LogP contribution in [-0.4, -0.2) is 46.0 Å². The van der Waals surface area contributed by atoms with Crippen molar-refractivity contribution in [2.45, 2.75) is 58.7 Å². The number of ether oxygens (including phenoxy) is 2. The predicted octanol–water partition coefficient (Wildman–Crippen LogP) is 5.47. The molecule has 1 atom stereocenters. The molecule has 186 valence electrons. The summed E-state index contributed by atoms with van der Waals surface area (Å²) in [5.41, 5.74) is 2.49. The SMILES string of the molecule is CCc1nn(-c2ccccc2)c(Oc2ccc(F)cc2)c1CN(C[C@@H]1CCCO1)C(=O)NC(C)C. The highest BCUT2D eigenvalue weighted by molar-refractivity contribution is 5.74. The number of hydrogen-bond acceptors (Lipinski definition) is 4. The highest BCUT2D eigenvalue weighted by Crippen LogP contribution is 2.32.